The number of carbonyl (C=O) groups is 1. The van der Waals surface area contributed by atoms with E-state index in [4.69, 9.17) is 5.73 Å². The molecule has 1 rings (SSSR count). The highest BCUT2D eigenvalue weighted by molar-refractivity contribution is 5.95. The molecule has 18 heavy (non-hydrogen) atoms. The summed E-state index contributed by atoms with van der Waals surface area (Å²) in [6, 6.07) is 4.68. The van der Waals surface area contributed by atoms with Crippen LogP contribution < -0.4 is 11.1 Å². The Morgan fingerprint density at radius 2 is 2.17 bits per heavy atom. The highest BCUT2D eigenvalue weighted by Crippen LogP contribution is 2.24. The second-order valence-corrected chi connectivity index (χ2v) is 4.44. The molecule has 100 valence electrons. The number of nitrogens with one attached hydrogen (secondary N) is 1. The van der Waals surface area contributed by atoms with Gasteiger partial charge in [-0.2, -0.15) is 0 Å². The van der Waals surface area contributed by atoms with E-state index in [1.165, 1.54) is 0 Å². The standard InChI is InChI=1S/C14H22N2O2/c1-3-5-6-11(15)14(18)16-12-9-10(4-2)7-8-13(12)17/h7-9,11,17H,3-6,15H2,1-2H3,(H,16,18). The van der Waals surface area contributed by atoms with Crippen molar-refractivity contribution in [2.24, 2.45) is 5.73 Å². The van der Waals surface area contributed by atoms with Crippen LogP contribution in [0.15, 0.2) is 18.2 Å². The predicted molar refractivity (Wildman–Crippen MR) is 73.6 cm³/mol. The zero-order valence-electron chi connectivity index (χ0n) is 11.1. The van der Waals surface area contributed by atoms with Crippen molar-refractivity contribution >= 4 is 11.6 Å². The van der Waals surface area contributed by atoms with Crippen molar-refractivity contribution < 1.29 is 9.90 Å². The van der Waals surface area contributed by atoms with Crippen LogP contribution in [0.25, 0.3) is 0 Å². The average Bonchev–Trinajstić information content (AvgIpc) is 2.38. The first-order valence-corrected chi connectivity index (χ1v) is 6.46. The Balaban J connectivity index is 2.68. The third-order valence-electron chi connectivity index (χ3n) is 2.93. The van der Waals surface area contributed by atoms with Crippen LogP contribution >= 0.6 is 0 Å². The summed E-state index contributed by atoms with van der Waals surface area (Å²) >= 11 is 0. The number of nitrogens with two attached hydrogens (primary N) is 1. The van der Waals surface area contributed by atoms with E-state index in [0.717, 1.165) is 24.8 Å². The lowest BCUT2D eigenvalue weighted by atomic mass is 10.1. The summed E-state index contributed by atoms with van der Waals surface area (Å²) in [6.45, 7) is 4.08. The maximum Gasteiger partial charge on any atom is 0.241 e. The van der Waals surface area contributed by atoms with E-state index in [-0.39, 0.29) is 11.7 Å². The second-order valence-electron chi connectivity index (χ2n) is 4.44. The van der Waals surface area contributed by atoms with Crippen molar-refractivity contribution in [2.75, 3.05) is 5.32 Å². The molecule has 1 aromatic carbocycles. The molecule has 0 aliphatic rings. The quantitative estimate of drug-likeness (QED) is 0.679. The van der Waals surface area contributed by atoms with Gasteiger partial charge in [-0.05, 0) is 30.5 Å². The van der Waals surface area contributed by atoms with Crippen LogP contribution in [0.3, 0.4) is 0 Å². The molecule has 0 spiro atoms. The molecule has 0 aromatic heterocycles. The van der Waals surface area contributed by atoms with E-state index in [0.29, 0.717) is 12.1 Å². The van der Waals surface area contributed by atoms with Gasteiger partial charge in [0, 0.05) is 0 Å². The number of hydrogen-bond donors (Lipinski definition) is 3. The first-order valence-electron chi connectivity index (χ1n) is 6.46. The number of aryl methyl sites for hydroxylation is 1. The molecule has 4 N–H and O–H groups in total. The third-order valence-corrected chi connectivity index (χ3v) is 2.93. The summed E-state index contributed by atoms with van der Waals surface area (Å²) in [5, 5.41) is 12.4. The van der Waals surface area contributed by atoms with Crippen molar-refractivity contribution in [3.8, 4) is 5.75 Å². The summed E-state index contributed by atoms with van der Waals surface area (Å²) in [6.07, 6.45) is 3.45. The van der Waals surface area contributed by atoms with Crippen molar-refractivity contribution in [3.63, 3.8) is 0 Å². The number of benzene rings is 1. The SMILES string of the molecule is CCCCC(N)C(=O)Nc1cc(CC)ccc1O. The van der Waals surface area contributed by atoms with Gasteiger partial charge in [0.25, 0.3) is 0 Å². The molecule has 0 aliphatic carbocycles. The second kappa shape index (κ2) is 7.01. The molecule has 0 aliphatic heterocycles. The van der Waals surface area contributed by atoms with Crippen LogP contribution in [0.5, 0.6) is 5.75 Å². The summed E-state index contributed by atoms with van der Waals surface area (Å²) in [5.41, 5.74) is 7.27. The fraction of sp³-hybridized carbons (Fsp3) is 0.500. The molecule has 0 bridgehead atoms. The van der Waals surface area contributed by atoms with Gasteiger partial charge >= 0.3 is 0 Å². The van der Waals surface area contributed by atoms with Gasteiger partial charge < -0.3 is 16.2 Å². The minimum atomic E-state index is -0.519. The van der Waals surface area contributed by atoms with Gasteiger partial charge in [-0.15, -0.1) is 0 Å². The maximum atomic E-state index is 11.8. The number of unbranched alkanes of at least 4 members (excludes halogenated alkanes) is 1. The Morgan fingerprint density at radius 1 is 1.44 bits per heavy atom. The lowest BCUT2D eigenvalue weighted by Crippen LogP contribution is -2.35. The Hall–Kier alpha value is -1.55. The first kappa shape index (κ1) is 14.5. The summed E-state index contributed by atoms with van der Waals surface area (Å²) in [5.74, 6) is -0.171. The van der Waals surface area contributed by atoms with Gasteiger partial charge in [0.15, 0.2) is 0 Å². The molecule has 1 atom stereocenters. The van der Waals surface area contributed by atoms with Gasteiger partial charge in [-0.3, -0.25) is 4.79 Å². The molecule has 0 saturated heterocycles. The summed E-state index contributed by atoms with van der Waals surface area (Å²) < 4.78 is 0. The lowest BCUT2D eigenvalue weighted by Gasteiger charge is -2.13. The van der Waals surface area contributed by atoms with Crippen molar-refractivity contribution in [1.82, 2.24) is 0 Å². The third kappa shape index (κ3) is 4.04. The van der Waals surface area contributed by atoms with Crippen molar-refractivity contribution in [2.45, 2.75) is 45.6 Å². The number of phenolic OH excluding ortho intramolecular Hbond substituents is 1. The van der Waals surface area contributed by atoms with Crippen LogP contribution in [0.4, 0.5) is 5.69 Å². The number of carbonyl (C=O) groups excluding carboxylic acids is 1. The van der Waals surface area contributed by atoms with Crippen LogP contribution in [0, 0.1) is 0 Å². The topological polar surface area (TPSA) is 75.4 Å². The van der Waals surface area contributed by atoms with E-state index in [1.807, 2.05) is 13.0 Å². The largest absolute Gasteiger partial charge is 0.506 e. The highest BCUT2D eigenvalue weighted by atomic mass is 16.3. The van der Waals surface area contributed by atoms with Gasteiger partial charge in [0.05, 0.1) is 11.7 Å². The Morgan fingerprint density at radius 3 is 2.78 bits per heavy atom. The number of phenols is 1. The molecule has 0 saturated carbocycles. The average molecular weight is 250 g/mol. The van der Waals surface area contributed by atoms with Gasteiger partial charge in [-0.1, -0.05) is 32.8 Å². The zero-order valence-corrected chi connectivity index (χ0v) is 11.1. The van der Waals surface area contributed by atoms with Crippen molar-refractivity contribution in [3.05, 3.63) is 23.8 Å². The molecular formula is C14H22N2O2. The summed E-state index contributed by atoms with van der Waals surface area (Å²) in [7, 11) is 0. The fourth-order valence-corrected chi connectivity index (χ4v) is 1.68. The Bertz CT molecular complexity index is 405. The van der Waals surface area contributed by atoms with Gasteiger partial charge in [-0.25, -0.2) is 0 Å². The van der Waals surface area contributed by atoms with E-state index in [1.54, 1.807) is 12.1 Å². The summed E-state index contributed by atoms with van der Waals surface area (Å²) in [4.78, 5) is 11.8. The normalized spacial score (nSPS) is 12.2. The number of amides is 1. The number of rotatable bonds is 6. The molecule has 4 nitrogen and oxygen atoms in total. The van der Waals surface area contributed by atoms with E-state index < -0.39 is 6.04 Å². The minimum Gasteiger partial charge on any atom is -0.506 e. The zero-order chi connectivity index (χ0) is 13.5. The van der Waals surface area contributed by atoms with Gasteiger partial charge in [0.2, 0.25) is 5.91 Å². The monoisotopic (exact) mass is 250 g/mol. The molecule has 0 heterocycles. The smallest absolute Gasteiger partial charge is 0.241 e. The molecule has 1 unspecified atom stereocenters. The number of anilines is 1. The molecule has 4 heteroatoms. The molecule has 0 radical (unpaired) electrons. The Labute approximate surface area is 108 Å². The predicted octanol–water partition coefficient (Wildman–Crippen LogP) is 2.41. The molecule has 0 fully saturated rings. The van der Waals surface area contributed by atoms with Crippen LogP contribution in [-0.2, 0) is 11.2 Å². The number of aromatic hydroxyl groups is 1. The van der Waals surface area contributed by atoms with E-state index in [9.17, 15) is 9.90 Å². The van der Waals surface area contributed by atoms with E-state index >= 15 is 0 Å². The number of hydrogen-bond acceptors (Lipinski definition) is 3. The van der Waals surface area contributed by atoms with Crippen molar-refractivity contribution in [1.29, 1.82) is 0 Å². The van der Waals surface area contributed by atoms with Crippen LogP contribution in [-0.4, -0.2) is 17.1 Å². The highest BCUT2D eigenvalue weighted by Gasteiger charge is 2.14. The Kier molecular flexibility index (Phi) is 5.65. The lowest BCUT2D eigenvalue weighted by molar-refractivity contribution is -0.117. The van der Waals surface area contributed by atoms with E-state index in [2.05, 4.69) is 12.2 Å². The van der Waals surface area contributed by atoms with Gasteiger partial charge in [0.1, 0.15) is 5.75 Å². The minimum absolute atomic E-state index is 0.0724. The molecular weight excluding hydrogens is 228 g/mol. The maximum absolute atomic E-state index is 11.8. The van der Waals surface area contributed by atoms with Crippen LogP contribution in [0.2, 0.25) is 0 Å². The first-order chi connectivity index (χ1) is 8.58. The van der Waals surface area contributed by atoms with Crippen LogP contribution in [0.1, 0.15) is 38.7 Å². The fourth-order valence-electron chi connectivity index (χ4n) is 1.68. The molecule has 1 amide bonds. The molecule has 1 aromatic rings.